The van der Waals surface area contributed by atoms with Crippen LogP contribution in [0.15, 0.2) is 0 Å². The zero-order valence-corrected chi connectivity index (χ0v) is 21.0. The fourth-order valence-electron chi connectivity index (χ4n) is 4.42. The van der Waals surface area contributed by atoms with Crippen LogP contribution in [-0.2, 0) is 0 Å². The summed E-state index contributed by atoms with van der Waals surface area (Å²) in [7, 11) is 0. The minimum atomic E-state index is 0.982. The molecular formula is C29H57N. The van der Waals surface area contributed by atoms with Crippen LogP contribution in [-0.4, -0.2) is 0 Å². The molecule has 2 N–H and O–H groups in total. The number of hydrogen-bond donors (Lipinski definition) is 1. The van der Waals surface area contributed by atoms with Crippen molar-refractivity contribution in [3.05, 3.63) is 0 Å². The van der Waals surface area contributed by atoms with Crippen LogP contribution in [0.4, 0.5) is 0 Å². The average Bonchev–Trinajstić information content (AvgIpc) is 2.76. The third kappa shape index (κ3) is 27.4. The molecule has 0 aromatic carbocycles. The lowest BCUT2D eigenvalue weighted by Crippen LogP contribution is -1.84. The maximum Gasteiger partial charge on any atom is 0.0107 e. The Bertz CT molecular complexity index is 351. The van der Waals surface area contributed by atoms with E-state index in [0.717, 1.165) is 6.42 Å². The highest BCUT2D eigenvalue weighted by atomic mass is 14.4. The first-order chi connectivity index (χ1) is 14.9. The number of nitrogens with two attached hydrogens (primary N) is 1. The molecule has 0 rings (SSSR count). The standard InChI is InChI=1S/C29H57N/c1-2-3-4-5-6-7-8-9-10-11-12-13-14-15-16-17-18-19-20-21-22-23-24-25-26-27-28-29-30/h2-27,30H2,1H3. The van der Waals surface area contributed by atoms with Gasteiger partial charge in [0.1, 0.15) is 0 Å². The molecule has 0 saturated heterocycles. The monoisotopic (exact) mass is 419 g/mol. The van der Waals surface area contributed by atoms with Gasteiger partial charge in [-0.3, -0.25) is 0 Å². The molecule has 178 valence electrons. The summed E-state index contributed by atoms with van der Waals surface area (Å²) < 4.78 is 0. The summed E-state index contributed by atoms with van der Waals surface area (Å²) in [4.78, 5) is 0. The highest BCUT2D eigenvalue weighted by molar-refractivity contribution is 4.93. The van der Waals surface area contributed by atoms with E-state index in [-0.39, 0.29) is 0 Å². The highest BCUT2D eigenvalue weighted by Gasteiger charge is 1.96. The Kier molecular flexibility index (Phi) is 27.8. The fraction of sp³-hybridized carbons (Fsp3) is 0.931. The Balaban J connectivity index is 2.99. The first kappa shape index (κ1) is 29.4. The van der Waals surface area contributed by atoms with Gasteiger partial charge < -0.3 is 5.73 Å². The molecule has 0 spiro atoms. The lowest BCUT2D eigenvalue weighted by molar-refractivity contribution is 0.516. The predicted molar refractivity (Wildman–Crippen MR) is 138 cm³/mol. The first-order valence-electron chi connectivity index (χ1n) is 14.1. The molecule has 1 nitrogen and oxygen atoms in total. The van der Waals surface area contributed by atoms with Gasteiger partial charge in [0, 0.05) is 12.5 Å². The largest absolute Gasteiger partial charge is 0.359 e. The van der Waals surface area contributed by atoms with Gasteiger partial charge in [-0.05, 0) is 6.42 Å². The lowest BCUT2D eigenvalue weighted by atomic mass is 10.0. The normalized spacial score (nSPS) is 10.8. The van der Waals surface area contributed by atoms with Crippen molar-refractivity contribution < 1.29 is 0 Å². The van der Waals surface area contributed by atoms with E-state index in [2.05, 4.69) is 18.9 Å². The van der Waals surface area contributed by atoms with Gasteiger partial charge in [0.2, 0.25) is 0 Å². The van der Waals surface area contributed by atoms with Crippen LogP contribution in [0.25, 0.3) is 0 Å². The second kappa shape index (κ2) is 28.4. The summed E-state index contributed by atoms with van der Waals surface area (Å²) in [5, 5.41) is 0. The van der Waals surface area contributed by atoms with Crippen molar-refractivity contribution >= 4 is 0 Å². The minimum Gasteiger partial charge on any atom is -0.359 e. The van der Waals surface area contributed by atoms with Gasteiger partial charge in [0.15, 0.2) is 0 Å². The summed E-state index contributed by atoms with van der Waals surface area (Å²) in [5.41, 5.74) is 5.17. The minimum absolute atomic E-state index is 0.982. The number of hydrogen-bond acceptors (Lipinski definition) is 1. The molecule has 0 bridgehead atoms. The SMILES string of the molecule is CCCCCCCCCCCCCCCCCCCCCCCCCCCC#CN. The summed E-state index contributed by atoms with van der Waals surface area (Å²) in [6.07, 6.45) is 37.1. The molecule has 0 aliphatic heterocycles. The van der Waals surface area contributed by atoms with E-state index in [1.807, 2.05) is 0 Å². The van der Waals surface area contributed by atoms with Crippen LogP contribution < -0.4 is 5.73 Å². The van der Waals surface area contributed by atoms with Crippen LogP contribution in [0.5, 0.6) is 0 Å². The van der Waals surface area contributed by atoms with E-state index >= 15 is 0 Å². The van der Waals surface area contributed by atoms with E-state index in [1.54, 1.807) is 0 Å². The summed E-state index contributed by atoms with van der Waals surface area (Å²) in [5.74, 6) is 2.94. The van der Waals surface area contributed by atoms with Crippen molar-refractivity contribution in [3.63, 3.8) is 0 Å². The Labute approximate surface area is 191 Å². The quantitative estimate of drug-likeness (QED) is 0.0888. The second-order valence-electron chi connectivity index (χ2n) is 9.56. The lowest BCUT2D eigenvalue weighted by Gasteiger charge is -2.04. The van der Waals surface area contributed by atoms with Gasteiger partial charge in [-0.25, -0.2) is 0 Å². The third-order valence-corrected chi connectivity index (χ3v) is 6.51. The van der Waals surface area contributed by atoms with E-state index in [1.165, 1.54) is 161 Å². The molecule has 0 aromatic heterocycles. The molecule has 0 heterocycles. The molecular weight excluding hydrogens is 362 g/mol. The van der Waals surface area contributed by atoms with Crippen LogP contribution in [0.3, 0.4) is 0 Å². The second-order valence-corrected chi connectivity index (χ2v) is 9.56. The first-order valence-corrected chi connectivity index (χ1v) is 14.1. The van der Waals surface area contributed by atoms with Crippen molar-refractivity contribution in [2.75, 3.05) is 0 Å². The molecule has 0 unspecified atom stereocenters. The van der Waals surface area contributed by atoms with Gasteiger partial charge in [0.25, 0.3) is 0 Å². The molecule has 0 aliphatic rings. The van der Waals surface area contributed by atoms with E-state index in [4.69, 9.17) is 5.73 Å². The molecule has 0 fully saturated rings. The molecule has 0 aliphatic carbocycles. The Hall–Kier alpha value is -0.640. The van der Waals surface area contributed by atoms with Crippen LogP contribution in [0.2, 0.25) is 0 Å². The van der Waals surface area contributed by atoms with Crippen molar-refractivity contribution in [2.24, 2.45) is 5.73 Å². The molecule has 0 atom stereocenters. The van der Waals surface area contributed by atoms with Crippen molar-refractivity contribution in [3.8, 4) is 12.0 Å². The summed E-state index contributed by atoms with van der Waals surface area (Å²) in [6.45, 7) is 2.30. The highest BCUT2D eigenvalue weighted by Crippen LogP contribution is 2.15. The van der Waals surface area contributed by atoms with Crippen molar-refractivity contribution in [1.29, 1.82) is 0 Å². The molecule has 0 amide bonds. The van der Waals surface area contributed by atoms with Crippen LogP contribution in [0, 0.1) is 12.0 Å². The van der Waals surface area contributed by atoms with Gasteiger partial charge in [-0.15, -0.1) is 0 Å². The topological polar surface area (TPSA) is 26.0 Å². The van der Waals surface area contributed by atoms with Gasteiger partial charge in [-0.2, -0.15) is 0 Å². The zero-order chi connectivity index (χ0) is 21.8. The number of unbranched alkanes of at least 4 members (excludes halogenated alkanes) is 25. The summed E-state index contributed by atoms with van der Waals surface area (Å²) >= 11 is 0. The Morgan fingerprint density at radius 1 is 0.367 bits per heavy atom. The molecule has 0 aromatic rings. The fourth-order valence-corrected chi connectivity index (χ4v) is 4.42. The van der Waals surface area contributed by atoms with E-state index < -0.39 is 0 Å². The van der Waals surface area contributed by atoms with Gasteiger partial charge in [0.05, 0.1) is 0 Å². The molecule has 0 saturated carbocycles. The number of rotatable bonds is 25. The predicted octanol–water partition coefficient (Wildman–Crippen LogP) is 10.1. The van der Waals surface area contributed by atoms with E-state index in [0.29, 0.717) is 0 Å². The maximum atomic E-state index is 5.17. The third-order valence-electron chi connectivity index (χ3n) is 6.51. The zero-order valence-electron chi connectivity index (χ0n) is 21.0. The van der Waals surface area contributed by atoms with Gasteiger partial charge in [-0.1, -0.05) is 167 Å². The molecule has 0 radical (unpaired) electrons. The van der Waals surface area contributed by atoms with Crippen molar-refractivity contribution in [2.45, 2.75) is 174 Å². The summed E-state index contributed by atoms with van der Waals surface area (Å²) in [6, 6.07) is 2.49. The Morgan fingerprint density at radius 3 is 0.833 bits per heavy atom. The van der Waals surface area contributed by atoms with Crippen LogP contribution >= 0.6 is 0 Å². The van der Waals surface area contributed by atoms with E-state index in [9.17, 15) is 0 Å². The molecule has 1 heteroatoms. The van der Waals surface area contributed by atoms with Crippen molar-refractivity contribution in [1.82, 2.24) is 0 Å². The van der Waals surface area contributed by atoms with Crippen LogP contribution in [0.1, 0.15) is 174 Å². The molecule has 30 heavy (non-hydrogen) atoms. The Morgan fingerprint density at radius 2 is 0.600 bits per heavy atom. The maximum absolute atomic E-state index is 5.17. The van der Waals surface area contributed by atoms with Gasteiger partial charge >= 0.3 is 0 Å². The smallest absolute Gasteiger partial charge is 0.0107 e. The average molecular weight is 420 g/mol.